The summed E-state index contributed by atoms with van der Waals surface area (Å²) in [5.41, 5.74) is 5.54. The van der Waals surface area contributed by atoms with E-state index in [-0.39, 0.29) is 5.91 Å². The number of H-pyrrole nitrogens is 1. The SMILES string of the molecule is Cc1ccc(CC(=O)NCCc2c(C)n[nH]c2C)cc1. The van der Waals surface area contributed by atoms with Crippen LogP contribution in [0.1, 0.15) is 28.1 Å². The Morgan fingerprint density at radius 2 is 1.90 bits per heavy atom. The highest BCUT2D eigenvalue weighted by Gasteiger charge is 2.07. The number of rotatable bonds is 5. The maximum atomic E-state index is 11.9. The van der Waals surface area contributed by atoms with Crippen LogP contribution in [0.3, 0.4) is 0 Å². The van der Waals surface area contributed by atoms with Gasteiger partial charge < -0.3 is 5.32 Å². The van der Waals surface area contributed by atoms with Gasteiger partial charge in [0.1, 0.15) is 0 Å². The molecule has 106 valence electrons. The van der Waals surface area contributed by atoms with Crippen LogP contribution in [0, 0.1) is 20.8 Å². The third-order valence-electron chi connectivity index (χ3n) is 3.46. The summed E-state index contributed by atoms with van der Waals surface area (Å²) >= 11 is 0. The van der Waals surface area contributed by atoms with Gasteiger partial charge in [-0.25, -0.2) is 0 Å². The van der Waals surface area contributed by atoms with Gasteiger partial charge in [0.2, 0.25) is 5.91 Å². The lowest BCUT2D eigenvalue weighted by molar-refractivity contribution is -0.120. The number of hydrogen-bond acceptors (Lipinski definition) is 2. The standard InChI is InChI=1S/C16H21N3O/c1-11-4-6-14(7-5-11)10-16(20)17-9-8-15-12(2)18-19-13(15)3/h4-7H,8-10H2,1-3H3,(H,17,20)(H,18,19). The average Bonchev–Trinajstić information content (AvgIpc) is 2.73. The minimum Gasteiger partial charge on any atom is -0.355 e. The normalized spacial score (nSPS) is 10.6. The molecule has 0 fully saturated rings. The van der Waals surface area contributed by atoms with Gasteiger partial charge in [-0.3, -0.25) is 9.89 Å². The zero-order valence-corrected chi connectivity index (χ0v) is 12.3. The molecule has 2 aromatic rings. The predicted octanol–water partition coefficient (Wildman–Crippen LogP) is 2.24. The summed E-state index contributed by atoms with van der Waals surface area (Å²) in [6.07, 6.45) is 1.25. The molecule has 2 N–H and O–H groups in total. The Labute approximate surface area is 119 Å². The van der Waals surface area contributed by atoms with Crippen LogP contribution in [0.5, 0.6) is 0 Å². The van der Waals surface area contributed by atoms with Crippen LogP contribution < -0.4 is 5.32 Å². The van der Waals surface area contributed by atoms with E-state index in [0.717, 1.165) is 23.4 Å². The molecule has 0 aliphatic heterocycles. The van der Waals surface area contributed by atoms with Crippen molar-refractivity contribution >= 4 is 5.91 Å². The van der Waals surface area contributed by atoms with Crippen molar-refractivity contribution < 1.29 is 4.79 Å². The number of amides is 1. The van der Waals surface area contributed by atoms with Crippen molar-refractivity contribution in [2.45, 2.75) is 33.6 Å². The first-order chi connectivity index (χ1) is 9.56. The molecule has 0 aliphatic rings. The lowest BCUT2D eigenvalue weighted by Gasteiger charge is -2.06. The van der Waals surface area contributed by atoms with Crippen molar-refractivity contribution in [1.82, 2.24) is 15.5 Å². The molecule has 1 heterocycles. The number of aromatic amines is 1. The van der Waals surface area contributed by atoms with Crippen LogP contribution in [0.15, 0.2) is 24.3 Å². The molecule has 0 spiro atoms. The summed E-state index contributed by atoms with van der Waals surface area (Å²) in [6.45, 7) is 6.67. The molecule has 0 radical (unpaired) electrons. The quantitative estimate of drug-likeness (QED) is 0.876. The maximum Gasteiger partial charge on any atom is 0.224 e. The minimum atomic E-state index is 0.0626. The van der Waals surface area contributed by atoms with E-state index in [4.69, 9.17) is 0 Å². The van der Waals surface area contributed by atoms with Crippen LogP contribution in [0.25, 0.3) is 0 Å². The van der Waals surface area contributed by atoms with Crippen LogP contribution in [0.4, 0.5) is 0 Å². The van der Waals surface area contributed by atoms with Crippen molar-refractivity contribution in [1.29, 1.82) is 0 Å². The van der Waals surface area contributed by atoms with Gasteiger partial charge in [0.25, 0.3) is 0 Å². The fraction of sp³-hybridized carbons (Fsp3) is 0.375. The Kier molecular flexibility index (Phi) is 4.56. The van der Waals surface area contributed by atoms with Gasteiger partial charge in [0, 0.05) is 12.2 Å². The summed E-state index contributed by atoms with van der Waals surface area (Å²) in [4.78, 5) is 11.9. The first-order valence-corrected chi connectivity index (χ1v) is 6.89. The lowest BCUT2D eigenvalue weighted by atomic mass is 10.1. The monoisotopic (exact) mass is 271 g/mol. The second-order valence-electron chi connectivity index (χ2n) is 5.17. The molecule has 0 atom stereocenters. The number of carbonyl (C=O) groups excluding carboxylic acids is 1. The summed E-state index contributed by atoms with van der Waals surface area (Å²) in [6, 6.07) is 8.06. The highest BCUT2D eigenvalue weighted by molar-refractivity contribution is 5.78. The fourth-order valence-electron chi connectivity index (χ4n) is 2.22. The van der Waals surface area contributed by atoms with E-state index in [1.807, 2.05) is 45.0 Å². The summed E-state index contributed by atoms with van der Waals surface area (Å²) in [5, 5.41) is 10.1. The maximum absolute atomic E-state index is 11.9. The van der Waals surface area contributed by atoms with Gasteiger partial charge in [0.15, 0.2) is 0 Å². The molecule has 0 unspecified atom stereocenters. The van der Waals surface area contributed by atoms with Gasteiger partial charge in [0.05, 0.1) is 12.1 Å². The molecule has 0 saturated heterocycles. The Balaban J connectivity index is 1.79. The van der Waals surface area contributed by atoms with Gasteiger partial charge in [-0.1, -0.05) is 29.8 Å². The molecule has 1 amide bonds. The summed E-state index contributed by atoms with van der Waals surface area (Å²) in [5.74, 6) is 0.0626. The Morgan fingerprint density at radius 1 is 1.20 bits per heavy atom. The number of aromatic nitrogens is 2. The van der Waals surface area contributed by atoms with E-state index in [2.05, 4.69) is 15.5 Å². The van der Waals surface area contributed by atoms with Crippen molar-refractivity contribution in [3.63, 3.8) is 0 Å². The largest absolute Gasteiger partial charge is 0.355 e. The van der Waals surface area contributed by atoms with Crippen molar-refractivity contribution in [2.75, 3.05) is 6.54 Å². The zero-order valence-electron chi connectivity index (χ0n) is 12.3. The first kappa shape index (κ1) is 14.3. The van der Waals surface area contributed by atoms with Crippen molar-refractivity contribution in [3.8, 4) is 0 Å². The highest BCUT2D eigenvalue weighted by Crippen LogP contribution is 2.09. The van der Waals surface area contributed by atoms with Crippen LogP contribution in [-0.2, 0) is 17.6 Å². The minimum absolute atomic E-state index is 0.0626. The Morgan fingerprint density at radius 3 is 2.50 bits per heavy atom. The molecule has 1 aromatic carbocycles. The summed E-state index contributed by atoms with van der Waals surface area (Å²) in [7, 11) is 0. The lowest BCUT2D eigenvalue weighted by Crippen LogP contribution is -2.27. The number of aryl methyl sites for hydroxylation is 3. The van der Waals surface area contributed by atoms with Gasteiger partial charge in [-0.2, -0.15) is 5.10 Å². The van der Waals surface area contributed by atoms with Crippen LogP contribution >= 0.6 is 0 Å². The molecular formula is C16H21N3O. The van der Waals surface area contributed by atoms with Crippen LogP contribution in [-0.4, -0.2) is 22.6 Å². The Bertz CT molecular complexity index is 565. The van der Waals surface area contributed by atoms with E-state index in [0.29, 0.717) is 13.0 Å². The van der Waals surface area contributed by atoms with Crippen LogP contribution in [0.2, 0.25) is 0 Å². The van der Waals surface area contributed by atoms with Gasteiger partial charge >= 0.3 is 0 Å². The Hall–Kier alpha value is -2.10. The molecule has 4 nitrogen and oxygen atoms in total. The van der Waals surface area contributed by atoms with Crippen molar-refractivity contribution in [3.05, 3.63) is 52.3 Å². The topological polar surface area (TPSA) is 57.8 Å². The van der Waals surface area contributed by atoms with E-state index in [1.165, 1.54) is 11.1 Å². The number of nitrogens with one attached hydrogen (secondary N) is 2. The zero-order chi connectivity index (χ0) is 14.5. The molecule has 20 heavy (non-hydrogen) atoms. The molecule has 4 heteroatoms. The number of nitrogens with zero attached hydrogens (tertiary/aromatic N) is 1. The van der Waals surface area contributed by atoms with Crippen molar-refractivity contribution in [2.24, 2.45) is 0 Å². The van der Waals surface area contributed by atoms with E-state index in [1.54, 1.807) is 0 Å². The summed E-state index contributed by atoms with van der Waals surface area (Å²) < 4.78 is 0. The van der Waals surface area contributed by atoms with E-state index in [9.17, 15) is 4.79 Å². The fourth-order valence-corrected chi connectivity index (χ4v) is 2.22. The van der Waals surface area contributed by atoms with E-state index < -0.39 is 0 Å². The average molecular weight is 271 g/mol. The number of hydrogen-bond donors (Lipinski definition) is 2. The molecule has 2 rings (SSSR count). The number of benzene rings is 1. The first-order valence-electron chi connectivity index (χ1n) is 6.89. The second-order valence-corrected chi connectivity index (χ2v) is 5.17. The van der Waals surface area contributed by atoms with E-state index >= 15 is 0 Å². The smallest absolute Gasteiger partial charge is 0.224 e. The molecular weight excluding hydrogens is 250 g/mol. The molecule has 0 bridgehead atoms. The number of carbonyl (C=O) groups is 1. The molecule has 0 aliphatic carbocycles. The molecule has 0 saturated carbocycles. The van der Waals surface area contributed by atoms with Gasteiger partial charge in [-0.05, 0) is 38.3 Å². The third-order valence-corrected chi connectivity index (χ3v) is 3.46. The third kappa shape index (κ3) is 3.70. The highest BCUT2D eigenvalue weighted by atomic mass is 16.1. The predicted molar refractivity (Wildman–Crippen MR) is 79.7 cm³/mol. The molecule has 1 aromatic heterocycles. The van der Waals surface area contributed by atoms with Gasteiger partial charge in [-0.15, -0.1) is 0 Å². The second kappa shape index (κ2) is 6.37.